The van der Waals surface area contributed by atoms with Crippen LogP contribution in [-0.4, -0.2) is 19.0 Å². The van der Waals surface area contributed by atoms with E-state index in [1.807, 2.05) is 12.1 Å². The number of carbonyl (C=O) groups excluding carboxylic acids is 1. The van der Waals surface area contributed by atoms with Gasteiger partial charge in [0.25, 0.3) is 0 Å². The second-order valence-corrected chi connectivity index (χ2v) is 3.76. The molecule has 0 spiro atoms. The number of benzene rings is 1. The number of nitrogens with one attached hydrogen (secondary N) is 2. The standard InChI is InChI=1S/C12H15ClN2O/c1-2-7-14-9-12(16)15-8-10-3-5-11(13)6-4-10/h2-6,14H,1,7-9H2,(H,15,16). The van der Waals surface area contributed by atoms with E-state index in [-0.39, 0.29) is 5.91 Å². The predicted octanol–water partition coefficient (Wildman–Crippen LogP) is 1.73. The van der Waals surface area contributed by atoms with E-state index in [4.69, 9.17) is 11.6 Å². The van der Waals surface area contributed by atoms with Gasteiger partial charge in [-0.2, -0.15) is 0 Å². The van der Waals surface area contributed by atoms with Crippen LogP contribution in [0.5, 0.6) is 0 Å². The van der Waals surface area contributed by atoms with Gasteiger partial charge in [0, 0.05) is 18.1 Å². The van der Waals surface area contributed by atoms with E-state index in [0.717, 1.165) is 5.56 Å². The largest absolute Gasteiger partial charge is 0.351 e. The van der Waals surface area contributed by atoms with E-state index >= 15 is 0 Å². The van der Waals surface area contributed by atoms with Crippen LogP contribution < -0.4 is 10.6 Å². The van der Waals surface area contributed by atoms with E-state index in [1.165, 1.54) is 0 Å². The summed E-state index contributed by atoms with van der Waals surface area (Å²) in [6, 6.07) is 7.39. The van der Waals surface area contributed by atoms with Crippen molar-refractivity contribution in [1.82, 2.24) is 10.6 Å². The van der Waals surface area contributed by atoms with Crippen LogP contribution in [0.25, 0.3) is 0 Å². The molecule has 1 amide bonds. The topological polar surface area (TPSA) is 41.1 Å². The third-order valence-electron chi connectivity index (χ3n) is 1.98. The summed E-state index contributed by atoms with van der Waals surface area (Å²) in [7, 11) is 0. The number of hydrogen-bond donors (Lipinski definition) is 2. The third kappa shape index (κ3) is 4.96. The highest BCUT2D eigenvalue weighted by atomic mass is 35.5. The maximum absolute atomic E-state index is 11.3. The molecular formula is C12H15ClN2O. The van der Waals surface area contributed by atoms with Gasteiger partial charge in [0.1, 0.15) is 0 Å². The van der Waals surface area contributed by atoms with E-state index in [9.17, 15) is 4.79 Å². The first-order chi connectivity index (χ1) is 7.72. The first kappa shape index (κ1) is 12.7. The summed E-state index contributed by atoms with van der Waals surface area (Å²) in [6.07, 6.45) is 1.71. The molecule has 1 aromatic rings. The molecule has 0 bridgehead atoms. The van der Waals surface area contributed by atoms with Gasteiger partial charge in [-0.05, 0) is 17.7 Å². The molecule has 1 rings (SSSR count). The summed E-state index contributed by atoms with van der Waals surface area (Å²) < 4.78 is 0. The van der Waals surface area contributed by atoms with Crippen molar-refractivity contribution >= 4 is 17.5 Å². The Balaban J connectivity index is 2.26. The van der Waals surface area contributed by atoms with E-state index in [0.29, 0.717) is 24.7 Å². The second-order valence-electron chi connectivity index (χ2n) is 3.32. The van der Waals surface area contributed by atoms with Crippen LogP contribution in [0.1, 0.15) is 5.56 Å². The minimum Gasteiger partial charge on any atom is -0.351 e. The number of amides is 1. The highest BCUT2D eigenvalue weighted by Crippen LogP contribution is 2.08. The lowest BCUT2D eigenvalue weighted by molar-refractivity contribution is -0.120. The van der Waals surface area contributed by atoms with Crippen molar-refractivity contribution in [1.29, 1.82) is 0 Å². The first-order valence-corrected chi connectivity index (χ1v) is 5.43. The van der Waals surface area contributed by atoms with Gasteiger partial charge in [-0.25, -0.2) is 0 Å². The number of carbonyl (C=O) groups is 1. The molecule has 0 unspecified atom stereocenters. The van der Waals surface area contributed by atoms with Gasteiger partial charge in [-0.1, -0.05) is 29.8 Å². The molecule has 0 radical (unpaired) electrons. The lowest BCUT2D eigenvalue weighted by Crippen LogP contribution is -2.33. The molecule has 4 heteroatoms. The van der Waals surface area contributed by atoms with Crippen molar-refractivity contribution < 1.29 is 4.79 Å². The minimum atomic E-state index is -0.0307. The van der Waals surface area contributed by atoms with Gasteiger partial charge >= 0.3 is 0 Å². The molecule has 0 saturated heterocycles. The van der Waals surface area contributed by atoms with Crippen LogP contribution in [0, 0.1) is 0 Å². The first-order valence-electron chi connectivity index (χ1n) is 5.05. The molecule has 0 aromatic heterocycles. The molecule has 0 heterocycles. The molecule has 16 heavy (non-hydrogen) atoms. The molecule has 86 valence electrons. The van der Waals surface area contributed by atoms with Crippen molar-refractivity contribution in [2.45, 2.75) is 6.54 Å². The Morgan fingerprint density at radius 2 is 2.06 bits per heavy atom. The molecule has 2 N–H and O–H groups in total. The molecular weight excluding hydrogens is 224 g/mol. The average molecular weight is 239 g/mol. The molecule has 1 aromatic carbocycles. The molecule has 0 aliphatic carbocycles. The molecule has 0 aliphatic rings. The van der Waals surface area contributed by atoms with Crippen LogP contribution in [0.15, 0.2) is 36.9 Å². The highest BCUT2D eigenvalue weighted by Gasteiger charge is 1.99. The Hall–Kier alpha value is -1.32. The Morgan fingerprint density at radius 1 is 1.38 bits per heavy atom. The van der Waals surface area contributed by atoms with E-state index in [2.05, 4.69) is 17.2 Å². The van der Waals surface area contributed by atoms with Gasteiger partial charge in [0.15, 0.2) is 0 Å². The molecule has 0 fully saturated rings. The molecule has 3 nitrogen and oxygen atoms in total. The van der Waals surface area contributed by atoms with Gasteiger partial charge in [-0.15, -0.1) is 6.58 Å². The predicted molar refractivity (Wildman–Crippen MR) is 66.4 cm³/mol. The molecule has 0 saturated carbocycles. The van der Waals surface area contributed by atoms with E-state index < -0.39 is 0 Å². The average Bonchev–Trinajstić information content (AvgIpc) is 2.29. The van der Waals surface area contributed by atoms with Gasteiger partial charge in [0.2, 0.25) is 5.91 Å². The summed E-state index contributed by atoms with van der Waals surface area (Å²) in [5.41, 5.74) is 1.03. The van der Waals surface area contributed by atoms with Crippen molar-refractivity contribution in [3.8, 4) is 0 Å². The lowest BCUT2D eigenvalue weighted by Gasteiger charge is -2.05. The highest BCUT2D eigenvalue weighted by molar-refractivity contribution is 6.30. The van der Waals surface area contributed by atoms with Gasteiger partial charge in [0.05, 0.1) is 6.54 Å². The maximum Gasteiger partial charge on any atom is 0.234 e. The van der Waals surface area contributed by atoms with Crippen LogP contribution >= 0.6 is 11.6 Å². The van der Waals surface area contributed by atoms with Crippen molar-refractivity contribution in [2.75, 3.05) is 13.1 Å². The Labute approximate surface area is 100 Å². The zero-order chi connectivity index (χ0) is 11.8. The molecule has 0 atom stereocenters. The number of rotatable bonds is 6. The summed E-state index contributed by atoms with van der Waals surface area (Å²) in [4.78, 5) is 11.3. The smallest absolute Gasteiger partial charge is 0.234 e. The number of halogens is 1. The SMILES string of the molecule is C=CCNCC(=O)NCc1ccc(Cl)cc1. The van der Waals surface area contributed by atoms with Gasteiger partial charge < -0.3 is 10.6 Å². The Bertz CT molecular complexity index is 349. The van der Waals surface area contributed by atoms with Crippen molar-refractivity contribution in [3.63, 3.8) is 0 Å². The Kier molecular flexibility index (Phi) is 5.61. The summed E-state index contributed by atoms with van der Waals surface area (Å²) >= 11 is 5.75. The van der Waals surface area contributed by atoms with Crippen molar-refractivity contribution in [3.05, 3.63) is 47.5 Å². The Morgan fingerprint density at radius 3 is 2.69 bits per heavy atom. The zero-order valence-corrected chi connectivity index (χ0v) is 9.76. The molecule has 0 aliphatic heterocycles. The second kappa shape index (κ2) is 7.04. The third-order valence-corrected chi connectivity index (χ3v) is 2.23. The lowest BCUT2D eigenvalue weighted by atomic mass is 10.2. The van der Waals surface area contributed by atoms with Crippen LogP contribution in [-0.2, 0) is 11.3 Å². The van der Waals surface area contributed by atoms with Crippen LogP contribution in [0.2, 0.25) is 5.02 Å². The van der Waals surface area contributed by atoms with Crippen LogP contribution in [0.4, 0.5) is 0 Å². The summed E-state index contributed by atoms with van der Waals surface area (Å²) in [5, 5.41) is 6.42. The number of hydrogen-bond acceptors (Lipinski definition) is 2. The van der Waals surface area contributed by atoms with E-state index in [1.54, 1.807) is 18.2 Å². The van der Waals surface area contributed by atoms with Crippen LogP contribution in [0.3, 0.4) is 0 Å². The van der Waals surface area contributed by atoms with Gasteiger partial charge in [-0.3, -0.25) is 4.79 Å². The fourth-order valence-corrected chi connectivity index (χ4v) is 1.28. The summed E-state index contributed by atoms with van der Waals surface area (Å²) in [5.74, 6) is -0.0307. The quantitative estimate of drug-likeness (QED) is 0.586. The fraction of sp³-hybridized carbons (Fsp3) is 0.250. The fourth-order valence-electron chi connectivity index (χ4n) is 1.15. The monoisotopic (exact) mass is 238 g/mol. The maximum atomic E-state index is 11.3. The van der Waals surface area contributed by atoms with Crippen molar-refractivity contribution in [2.24, 2.45) is 0 Å². The normalized spacial score (nSPS) is 9.81. The summed E-state index contributed by atoms with van der Waals surface area (Å²) in [6.45, 7) is 5.01. The minimum absolute atomic E-state index is 0.0307. The zero-order valence-electron chi connectivity index (χ0n) is 9.00.